The highest BCUT2D eigenvalue weighted by Gasteiger charge is 2.53. The van der Waals surface area contributed by atoms with Crippen molar-refractivity contribution >= 4 is 34.6 Å². The van der Waals surface area contributed by atoms with Crippen LogP contribution in [0.5, 0.6) is 5.75 Å². The summed E-state index contributed by atoms with van der Waals surface area (Å²) in [6.07, 6.45) is -0.146. The summed E-state index contributed by atoms with van der Waals surface area (Å²) in [5, 5.41) is 5.93. The number of ether oxygens (including phenoxy) is 1. The van der Waals surface area contributed by atoms with Gasteiger partial charge in [-0.15, -0.1) is 0 Å². The minimum atomic E-state index is -1.38. The predicted molar refractivity (Wildman–Crippen MR) is 134 cm³/mol. The molecule has 1 saturated heterocycles. The van der Waals surface area contributed by atoms with Crippen molar-refractivity contribution in [1.29, 1.82) is 0 Å². The van der Waals surface area contributed by atoms with Crippen LogP contribution in [0.3, 0.4) is 0 Å². The summed E-state index contributed by atoms with van der Waals surface area (Å²) >= 11 is 0. The number of hydrogen-bond donors (Lipinski definition) is 2. The van der Waals surface area contributed by atoms with Gasteiger partial charge in [-0.25, -0.2) is 0 Å². The lowest BCUT2D eigenvalue weighted by Crippen LogP contribution is -2.46. The van der Waals surface area contributed by atoms with E-state index in [2.05, 4.69) is 10.6 Å². The zero-order valence-corrected chi connectivity index (χ0v) is 20.9. The molecule has 10 heteroatoms. The first-order chi connectivity index (χ1) is 17.7. The lowest BCUT2D eigenvalue weighted by atomic mass is 9.82. The first kappa shape index (κ1) is 24.5. The van der Waals surface area contributed by atoms with Gasteiger partial charge in [-0.1, -0.05) is 12.1 Å². The summed E-state index contributed by atoms with van der Waals surface area (Å²) in [4.78, 5) is 54.8. The van der Waals surface area contributed by atoms with E-state index in [1.54, 1.807) is 41.3 Å². The molecule has 2 aliphatic rings. The van der Waals surface area contributed by atoms with Crippen molar-refractivity contribution in [2.24, 2.45) is 0 Å². The van der Waals surface area contributed by atoms with E-state index < -0.39 is 17.2 Å². The minimum absolute atomic E-state index is 0.0297. The summed E-state index contributed by atoms with van der Waals surface area (Å²) in [6.45, 7) is 1.48. The highest BCUT2D eigenvalue weighted by atomic mass is 16.5. The molecule has 10 nitrogen and oxygen atoms in total. The number of rotatable bonds is 8. The van der Waals surface area contributed by atoms with Crippen LogP contribution in [-0.4, -0.2) is 74.3 Å². The van der Waals surface area contributed by atoms with Crippen molar-refractivity contribution in [2.45, 2.75) is 18.4 Å². The molecule has 0 spiro atoms. The van der Waals surface area contributed by atoms with E-state index in [1.807, 2.05) is 25.1 Å². The lowest BCUT2D eigenvalue weighted by molar-refractivity contribution is -0.127. The number of benzene rings is 2. The van der Waals surface area contributed by atoms with Gasteiger partial charge in [-0.3, -0.25) is 24.5 Å². The fourth-order valence-corrected chi connectivity index (χ4v) is 4.87. The van der Waals surface area contributed by atoms with Crippen molar-refractivity contribution in [2.75, 3.05) is 40.8 Å². The largest absolute Gasteiger partial charge is 0.497 e. The number of carbonyl (C=O) groups is 4. The molecular formula is C27H28N4O6. The van der Waals surface area contributed by atoms with Gasteiger partial charge in [-0.2, -0.15) is 0 Å². The maximum Gasteiger partial charge on any atom is 0.254 e. The van der Waals surface area contributed by atoms with E-state index in [9.17, 15) is 19.2 Å². The molecule has 2 N–H and O–H groups in total. The van der Waals surface area contributed by atoms with Crippen molar-refractivity contribution in [1.82, 2.24) is 20.4 Å². The lowest BCUT2D eigenvalue weighted by Gasteiger charge is -2.28. The molecule has 0 radical (unpaired) electrons. The van der Waals surface area contributed by atoms with E-state index in [0.717, 1.165) is 5.56 Å². The van der Waals surface area contributed by atoms with Crippen LogP contribution in [0.15, 0.2) is 46.9 Å². The van der Waals surface area contributed by atoms with Crippen molar-refractivity contribution < 1.29 is 28.3 Å². The summed E-state index contributed by atoms with van der Waals surface area (Å²) in [5.74, 6) is -0.584. The van der Waals surface area contributed by atoms with Crippen LogP contribution < -0.4 is 15.4 Å². The molecule has 3 aromatic rings. The van der Waals surface area contributed by atoms with E-state index in [-0.39, 0.29) is 30.5 Å². The summed E-state index contributed by atoms with van der Waals surface area (Å²) < 4.78 is 11.4. The minimum Gasteiger partial charge on any atom is -0.497 e. The molecule has 0 saturated carbocycles. The summed E-state index contributed by atoms with van der Waals surface area (Å²) in [5.41, 5.74) is 0.787. The van der Waals surface area contributed by atoms with Crippen LogP contribution in [0.2, 0.25) is 0 Å². The molecule has 37 heavy (non-hydrogen) atoms. The fourth-order valence-electron chi connectivity index (χ4n) is 4.87. The van der Waals surface area contributed by atoms with Gasteiger partial charge >= 0.3 is 0 Å². The molecule has 3 heterocycles. The average Bonchev–Trinajstić information content (AvgIpc) is 3.52. The molecule has 0 unspecified atom stereocenters. The summed E-state index contributed by atoms with van der Waals surface area (Å²) in [7, 11) is 5.38. The Bertz CT molecular complexity index is 1430. The zero-order chi connectivity index (χ0) is 26.3. The van der Waals surface area contributed by atoms with Crippen LogP contribution in [0.1, 0.15) is 38.5 Å². The monoisotopic (exact) mass is 504 g/mol. The Labute approximate surface area is 213 Å². The highest BCUT2D eigenvalue weighted by Crippen LogP contribution is 2.39. The topological polar surface area (TPSA) is 121 Å². The second kappa shape index (κ2) is 9.36. The van der Waals surface area contributed by atoms with Crippen LogP contribution in [0, 0.1) is 0 Å². The quantitative estimate of drug-likeness (QED) is 0.448. The molecule has 192 valence electrons. The van der Waals surface area contributed by atoms with Gasteiger partial charge in [0.25, 0.3) is 11.8 Å². The Hall–Kier alpha value is -4.18. The molecule has 2 aliphatic heterocycles. The SMILES string of the molecule is COc1ccc2c(c1)C(=O)N(C[C@@]1(c3cc4ccc(C(=O)NCCN(C)C)cc4o3)CC(=O)NC1=O)C2. The van der Waals surface area contributed by atoms with Crippen LogP contribution in [0.25, 0.3) is 11.0 Å². The Morgan fingerprint density at radius 1 is 1.16 bits per heavy atom. The molecule has 5 rings (SSSR count). The number of nitrogens with one attached hydrogen (secondary N) is 2. The number of imide groups is 1. The fraction of sp³-hybridized carbons (Fsp3) is 0.333. The molecule has 1 aromatic heterocycles. The summed E-state index contributed by atoms with van der Waals surface area (Å²) in [6, 6.07) is 12.0. The van der Waals surface area contributed by atoms with E-state index in [4.69, 9.17) is 9.15 Å². The number of methoxy groups -OCH3 is 1. The highest BCUT2D eigenvalue weighted by molar-refractivity contribution is 6.10. The molecule has 1 fully saturated rings. The molecule has 0 bridgehead atoms. The van der Waals surface area contributed by atoms with Crippen LogP contribution >= 0.6 is 0 Å². The Morgan fingerprint density at radius 2 is 1.97 bits per heavy atom. The van der Waals surface area contributed by atoms with Gasteiger partial charge in [-0.05, 0) is 50.0 Å². The molecular weight excluding hydrogens is 476 g/mol. The third-order valence-corrected chi connectivity index (χ3v) is 6.91. The third-order valence-electron chi connectivity index (χ3n) is 6.91. The first-order valence-electron chi connectivity index (χ1n) is 12.0. The number of furan rings is 1. The van der Waals surface area contributed by atoms with Gasteiger partial charge < -0.3 is 24.3 Å². The van der Waals surface area contributed by atoms with Gasteiger partial charge in [0.05, 0.1) is 13.5 Å². The van der Waals surface area contributed by atoms with E-state index >= 15 is 0 Å². The molecule has 4 amide bonds. The van der Waals surface area contributed by atoms with Gasteiger partial charge in [0, 0.05) is 42.7 Å². The molecule has 2 aromatic carbocycles. The van der Waals surface area contributed by atoms with Crippen molar-refractivity contribution in [3.8, 4) is 5.75 Å². The van der Waals surface area contributed by atoms with Crippen molar-refractivity contribution in [3.05, 3.63) is 64.9 Å². The van der Waals surface area contributed by atoms with E-state index in [0.29, 0.717) is 47.5 Å². The van der Waals surface area contributed by atoms with E-state index in [1.165, 1.54) is 7.11 Å². The number of carbonyl (C=O) groups excluding carboxylic acids is 4. The Kier molecular flexibility index (Phi) is 6.20. The van der Waals surface area contributed by atoms with Gasteiger partial charge in [0.15, 0.2) is 0 Å². The second-order valence-corrected chi connectivity index (χ2v) is 9.74. The zero-order valence-electron chi connectivity index (χ0n) is 20.9. The molecule has 0 aliphatic carbocycles. The Balaban J connectivity index is 1.44. The third kappa shape index (κ3) is 4.44. The number of likely N-dealkylation sites (N-methyl/N-ethyl adjacent to an activating group) is 1. The normalized spacial score (nSPS) is 19.0. The average molecular weight is 505 g/mol. The number of nitrogens with zero attached hydrogens (tertiary/aromatic N) is 2. The maximum atomic E-state index is 13.2. The van der Waals surface area contributed by atoms with Crippen LogP contribution in [-0.2, 0) is 21.5 Å². The first-order valence-corrected chi connectivity index (χ1v) is 12.0. The van der Waals surface area contributed by atoms with Gasteiger partial charge in [0.1, 0.15) is 22.5 Å². The Morgan fingerprint density at radius 3 is 2.68 bits per heavy atom. The van der Waals surface area contributed by atoms with Crippen LogP contribution in [0.4, 0.5) is 0 Å². The maximum absolute atomic E-state index is 13.2. The predicted octanol–water partition coefficient (Wildman–Crippen LogP) is 1.67. The van der Waals surface area contributed by atoms with Crippen molar-refractivity contribution in [3.63, 3.8) is 0 Å². The molecule has 1 atom stereocenters. The second-order valence-electron chi connectivity index (χ2n) is 9.74. The number of hydrogen-bond acceptors (Lipinski definition) is 7. The number of fused-ring (bicyclic) bond motifs is 2. The standard InChI is InChI=1S/C27H28N4O6/c1-30(2)9-8-28-24(33)17-5-4-16-11-22(37-21(16)10-17)27(13-23(32)29-26(27)35)15-31-14-18-6-7-19(36-3)12-20(18)25(31)34/h4-7,10-12H,8-9,13-15H2,1-3H3,(H,28,33)(H,29,32,35)/t27-/m1/s1. The smallest absolute Gasteiger partial charge is 0.254 e. The van der Waals surface area contributed by atoms with Gasteiger partial charge in [0.2, 0.25) is 11.8 Å². The number of amides is 4.